The summed E-state index contributed by atoms with van der Waals surface area (Å²) in [6.07, 6.45) is 2.46. The number of carbonyl (C=O) groups excluding carboxylic acids is 1. The molecule has 2 amide bonds. The Bertz CT molecular complexity index is 849. The van der Waals surface area contributed by atoms with Gasteiger partial charge in [-0.2, -0.15) is 0 Å². The van der Waals surface area contributed by atoms with E-state index in [1.807, 2.05) is 59.5 Å². The van der Waals surface area contributed by atoms with Crippen LogP contribution in [0.4, 0.5) is 16.2 Å². The molecule has 0 saturated carbocycles. The lowest BCUT2D eigenvalue weighted by molar-refractivity contribution is 0.222. The Morgan fingerprint density at radius 3 is 2.58 bits per heavy atom. The van der Waals surface area contributed by atoms with Gasteiger partial charge in [-0.25, -0.2) is 9.48 Å². The smallest absolute Gasteiger partial charge is 0.321 e. The predicted octanol–water partition coefficient (Wildman–Crippen LogP) is 2.38. The van der Waals surface area contributed by atoms with Crippen molar-refractivity contribution in [3.63, 3.8) is 0 Å². The molecule has 0 unspecified atom stereocenters. The van der Waals surface area contributed by atoms with E-state index >= 15 is 0 Å². The van der Waals surface area contributed by atoms with Gasteiger partial charge in [0, 0.05) is 30.5 Å². The van der Waals surface area contributed by atoms with Crippen molar-refractivity contribution in [2.24, 2.45) is 0 Å². The van der Waals surface area contributed by atoms with E-state index in [4.69, 9.17) is 0 Å². The van der Waals surface area contributed by atoms with Gasteiger partial charge in [0.2, 0.25) is 0 Å². The van der Waals surface area contributed by atoms with Crippen molar-refractivity contribution >= 4 is 17.4 Å². The third-order valence-corrected chi connectivity index (χ3v) is 4.35. The molecule has 4 rings (SSSR count). The van der Waals surface area contributed by atoms with Crippen molar-refractivity contribution in [1.82, 2.24) is 25.1 Å². The minimum atomic E-state index is -0.0856. The van der Waals surface area contributed by atoms with E-state index in [1.165, 1.54) is 6.33 Å². The average Bonchev–Trinajstić information content (AvgIpc) is 3.35. The normalized spacial score (nSPS) is 16.5. The number of hydrogen-bond acceptors (Lipinski definition) is 5. The van der Waals surface area contributed by atoms with Crippen LogP contribution in [0.2, 0.25) is 0 Å². The van der Waals surface area contributed by atoms with Crippen LogP contribution in [0.25, 0.3) is 5.69 Å². The van der Waals surface area contributed by atoms with Gasteiger partial charge >= 0.3 is 6.03 Å². The first kappa shape index (κ1) is 16.1. The maximum atomic E-state index is 12.5. The van der Waals surface area contributed by atoms with E-state index in [0.717, 1.165) is 30.0 Å². The molecule has 1 saturated heterocycles. The van der Waals surface area contributed by atoms with Crippen LogP contribution in [-0.4, -0.2) is 50.3 Å². The van der Waals surface area contributed by atoms with Crippen molar-refractivity contribution < 1.29 is 4.79 Å². The second kappa shape index (κ2) is 7.22. The lowest BCUT2D eigenvalue weighted by Crippen LogP contribution is -2.34. The fourth-order valence-electron chi connectivity index (χ4n) is 3.01. The number of amides is 2. The zero-order valence-electron chi connectivity index (χ0n) is 14.1. The first-order valence-electron chi connectivity index (χ1n) is 8.49. The summed E-state index contributed by atoms with van der Waals surface area (Å²) in [5.41, 5.74) is 2.66. The van der Waals surface area contributed by atoms with E-state index in [1.54, 1.807) is 4.68 Å². The molecular weight excluding hydrogens is 330 g/mol. The zero-order valence-corrected chi connectivity index (χ0v) is 14.1. The monoisotopic (exact) mass is 349 g/mol. The van der Waals surface area contributed by atoms with Crippen LogP contribution in [0.5, 0.6) is 0 Å². The fourth-order valence-corrected chi connectivity index (χ4v) is 3.01. The van der Waals surface area contributed by atoms with Crippen LogP contribution in [0.3, 0.4) is 0 Å². The Labute approximate surface area is 150 Å². The molecule has 1 fully saturated rings. The van der Waals surface area contributed by atoms with E-state index in [2.05, 4.69) is 26.2 Å². The maximum Gasteiger partial charge on any atom is 0.321 e. The van der Waals surface area contributed by atoms with Gasteiger partial charge in [-0.15, -0.1) is 5.10 Å². The number of benzene rings is 2. The maximum absolute atomic E-state index is 12.5. The first-order chi connectivity index (χ1) is 12.8. The van der Waals surface area contributed by atoms with Gasteiger partial charge in [0.25, 0.3) is 0 Å². The van der Waals surface area contributed by atoms with E-state index in [9.17, 15) is 4.79 Å². The minimum Gasteiger partial charge on any atom is -0.380 e. The SMILES string of the molecule is O=C(Nc1ccc(-n2cnnn2)cc1)N1CC[C@H](Nc2ccccc2)C1. The second-order valence-corrected chi connectivity index (χ2v) is 6.17. The number of tetrazole rings is 1. The third-order valence-electron chi connectivity index (χ3n) is 4.35. The van der Waals surface area contributed by atoms with Gasteiger partial charge in [0.15, 0.2) is 0 Å². The van der Waals surface area contributed by atoms with E-state index in [0.29, 0.717) is 6.54 Å². The van der Waals surface area contributed by atoms with Crippen molar-refractivity contribution in [2.75, 3.05) is 23.7 Å². The third kappa shape index (κ3) is 3.64. The molecule has 8 nitrogen and oxygen atoms in total. The zero-order chi connectivity index (χ0) is 17.8. The molecule has 0 spiro atoms. The van der Waals surface area contributed by atoms with Gasteiger partial charge in [-0.1, -0.05) is 18.2 Å². The molecule has 8 heteroatoms. The van der Waals surface area contributed by atoms with Crippen molar-refractivity contribution in [3.8, 4) is 5.69 Å². The van der Waals surface area contributed by atoms with Crippen LogP contribution in [-0.2, 0) is 0 Å². The van der Waals surface area contributed by atoms with Crippen molar-refractivity contribution in [3.05, 3.63) is 60.9 Å². The molecule has 0 radical (unpaired) electrons. The van der Waals surface area contributed by atoms with E-state index in [-0.39, 0.29) is 12.1 Å². The molecule has 2 aromatic carbocycles. The van der Waals surface area contributed by atoms with Gasteiger partial charge < -0.3 is 15.5 Å². The van der Waals surface area contributed by atoms with Crippen LogP contribution in [0.1, 0.15) is 6.42 Å². The molecular formula is C18H19N7O. The summed E-state index contributed by atoms with van der Waals surface area (Å²) in [5.74, 6) is 0. The summed E-state index contributed by atoms with van der Waals surface area (Å²) in [6.45, 7) is 1.42. The van der Waals surface area contributed by atoms with Crippen LogP contribution in [0.15, 0.2) is 60.9 Å². The molecule has 1 atom stereocenters. The number of hydrogen-bond donors (Lipinski definition) is 2. The van der Waals surface area contributed by atoms with Crippen LogP contribution < -0.4 is 10.6 Å². The highest BCUT2D eigenvalue weighted by molar-refractivity contribution is 5.89. The van der Waals surface area contributed by atoms with Gasteiger partial charge in [0.05, 0.1) is 5.69 Å². The Kier molecular flexibility index (Phi) is 4.46. The molecule has 2 heterocycles. The van der Waals surface area contributed by atoms with Crippen molar-refractivity contribution in [1.29, 1.82) is 0 Å². The molecule has 26 heavy (non-hydrogen) atoms. The van der Waals surface area contributed by atoms with E-state index < -0.39 is 0 Å². The summed E-state index contributed by atoms with van der Waals surface area (Å²) in [6, 6.07) is 17.6. The summed E-state index contributed by atoms with van der Waals surface area (Å²) in [5, 5.41) is 17.5. The van der Waals surface area contributed by atoms with Gasteiger partial charge in [0.1, 0.15) is 6.33 Å². The number of urea groups is 1. The number of carbonyl (C=O) groups is 1. The predicted molar refractivity (Wildman–Crippen MR) is 98.2 cm³/mol. The summed E-state index contributed by atoms with van der Waals surface area (Å²) in [4.78, 5) is 14.3. The number of likely N-dealkylation sites (tertiary alicyclic amines) is 1. The van der Waals surface area contributed by atoms with Crippen LogP contribution in [0, 0.1) is 0 Å². The molecule has 132 valence electrons. The molecule has 0 aliphatic carbocycles. The lowest BCUT2D eigenvalue weighted by atomic mass is 10.2. The topological polar surface area (TPSA) is 88.0 Å². The largest absolute Gasteiger partial charge is 0.380 e. The molecule has 0 bridgehead atoms. The Balaban J connectivity index is 1.32. The summed E-state index contributed by atoms with van der Waals surface area (Å²) in [7, 11) is 0. The Hall–Kier alpha value is -3.42. The number of anilines is 2. The Morgan fingerprint density at radius 1 is 1.04 bits per heavy atom. The number of aromatic nitrogens is 4. The minimum absolute atomic E-state index is 0.0856. The number of nitrogens with zero attached hydrogens (tertiary/aromatic N) is 5. The van der Waals surface area contributed by atoms with Crippen LogP contribution >= 0.6 is 0 Å². The number of rotatable bonds is 4. The molecule has 1 aromatic heterocycles. The van der Waals surface area contributed by atoms with Crippen molar-refractivity contribution in [2.45, 2.75) is 12.5 Å². The fraction of sp³-hybridized carbons (Fsp3) is 0.222. The lowest BCUT2D eigenvalue weighted by Gasteiger charge is -2.18. The quantitative estimate of drug-likeness (QED) is 0.755. The summed E-state index contributed by atoms with van der Waals surface area (Å²) < 4.78 is 1.56. The molecule has 2 N–H and O–H groups in total. The Morgan fingerprint density at radius 2 is 1.85 bits per heavy atom. The highest BCUT2D eigenvalue weighted by Gasteiger charge is 2.26. The van der Waals surface area contributed by atoms with Gasteiger partial charge in [-0.05, 0) is 53.2 Å². The standard InChI is InChI=1S/C18H19N7O/c26-18(21-15-6-8-17(9-7-15)25-13-19-22-23-25)24-11-10-16(12-24)20-14-4-2-1-3-5-14/h1-9,13,16,20H,10-12H2,(H,21,26)/t16-/m0/s1. The second-order valence-electron chi connectivity index (χ2n) is 6.17. The average molecular weight is 349 g/mol. The highest BCUT2D eigenvalue weighted by atomic mass is 16.2. The number of nitrogens with one attached hydrogen (secondary N) is 2. The van der Waals surface area contributed by atoms with Gasteiger partial charge in [-0.3, -0.25) is 0 Å². The first-order valence-corrected chi connectivity index (χ1v) is 8.49. The number of para-hydroxylation sites is 1. The molecule has 3 aromatic rings. The highest BCUT2D eigenvalue weighted by Crippen LogP contribution is 2.18. The summed E-state index contributed by atoms with van der Waals surface area (Å²) >= 11 is 0. The molecule has 1 aliphatic rings. The molecule has 1 aliphatic heterocycles.